The van der Waals surface area contributed by atoms with Crippen molar-refractivity contribution < 1.29 is 18.7 Å². The maximum absolute atomic E-state index is 13.1. The summed E-state index contributed by atoms with van der Waals surface area (Å²) in [5, 5.41) is 0. The topological polar surface area (TPSA) is 64.8 Å². The average molecular weight is 403 g/mol. The molecule has 5 rings (SSSR count). The predicted molar refractivity (Wildman–Crippen MR) is 109 cm³/mol. The Bertz CT molecular complexity index is 746. The van der Waals surface area contributed by atoms with Crippen molar-refractivity contribution in [3.05, 3.63) is 41.7 Å². The van der Waals surface area contributed by atoms with Crippen LogP contribution in [0.2, 0.25) is 0 Å². The summed E-state index contributed by atoms with van der Waals surface area (Å²) in [4.78, 5) is 15.1. The number of carbonyl (C=O) groups is 1. The van der Waals surface area contributed by atoms with E-state index in [4.69, 9.17) is 15.2 Å². The zero-order valence-corrected chi connectivity index (χ0v) is 17.2. The Hall–Kier alpha value is -1.92. The van der Waals surface area contributed by atoms with Gasteiger partial charge in [-0.05, 0) is 61.6 Å². The molecule has 0 spiro atoms. The van der Waals surface area contributed by atoms with Gasteiger partial charge in [-0.2, -0.15) is 0 Å². The molecular formula is C23H31FN2O3. The van der Waals surface area contributed by atoms with Gasteiger partial charge in [0, 0.05) is 37.7 Å². The summed E-state index contributed by atoms with van der Waals surface area (Å²) in [5.74, 6) is 1.07. The number of amides is 1. The number of benzene rings is 1. The summed E-state index contributed by atoms with van der Waals surface area (Å²) in [6.07, 6.45) is 6.81. The molecule has 3 aliphatic carbocycles. The summed E-state index contributed by atoms with van der Waals surface area (Å²) in [7, 11) is 1.71. The average Bonchev–Trinajstić information content (AvgIpc) is 2.75. The van der Waals surface area contributed by atoms with Gasteiger partial charge in [0.2, 0.25) is 5.91 Å². The summed E-state index contributed by atoms with van der Waals surface area (Å²) in [6, 6.07) is 8.19. The lowest BCUT2D eigenvalue weighted by Gasteiger charge is -2.55. The van der Waals surface area contributed by atoms with Crippen molar-refractivity contribution in [2.24, 2.45) is 11.1 Å². The van der Waals surface area contributed by atoms with Crippen molar-refractivity contribution in [1.82, 2.24) is 4.90 Å². The smallest absolute Gasteiger partial charge is 0.228 e. The number of rotatable bonds is 7. The molecule has 0 radical (unpaired) electrons. The van der Waals surface area contributed by atoms with E-state index in [0.29, 0.717) is 17.8 Å². The van der Waals surface area contributed by atoms with Crippen LogP contribution in [-0.4, -0.2) is 50.3 Å². The minimum atomic E-state index is -0.152. The molecule has 1 aromatic carbocycles. The Balaban J connectivity index is 1.37. The van der Waals surface area contributed by atoms with Crippen molar-refractivity contribution in [3.63, 3.8) is 0 Å². The SMILES string of the molecule is COC1CN(C(=O)C23CCC(c4ccc(OCC(=CF)CN)cc4)(CC2)CC3)C1. The van der Waals surface area contributed by atoms with Gasteiger partial charge in [0.1, 0.15) is 12.4 Å². The predicted octanol–water partition coefficient (Wildman–Crippen LogP) is 3.33. The van der Waals surface area contributed by atoms with Crippen LogP contribution in [0.4, 0.5) is 4.39 Å². The van der Waals surface area contributed by atoms with Crippen LogP contribution in [0.3, 0.4) is 0 Å². The molecule has 1 saturated heterocycles. The van der Waals surface area contributed by atoms with Crippen molar-refractivity contribution in [1.29, 1.82) is 0 Å². The fraction of sp³-hybridized carbons (Fsp3) is 0.609. The van der Waals surface area contributed by atoms with Crippen molar-refractivity contribution in [2.75, 3.05) is 33.4 Å². The molecule has 29 heavy (non-hydrogen) atoms. The van der Waals surface area contributed by atoms with Gasteiger partial charge in [0.05, 0.1) is 12.4 Å². The van der Waals surface area contributed by atoms with E-state index in [0.717, 1.165) is 57.4 Å². The molecule has 1 aliphatic heterocycles. The quantitative estimate of drug-likeness (QED) is 0.760. The molecule has 1 amide bonds. The molecule has 3 saturated carbocycles. The summed E-state index contributed by atoms with van der Waals surface area (Å²) in [6.45, 7) is 1.81. The van der Waals surface area contributed by atoms with Crippen molar-refractivity contribution in [2.45, 2.75) is 50.0 Å². The van der Waals surface area contributed by atoms with Crippen LogP contribution in [0.1, 0.15) is 44.1 Å². The number of hydrogen-bond acceptors (Lipinski definition) is 4. The summed E-state index contributed by atoms with van der Waals surface area (Å²) >= 11 is 0. The molecule has 5 nitrogen and oxygen atoms in total. The number of ether oxygens (including phenoxy) is 2. The van der Waals surface area contributed by atoms with Gasteiger partial charge in [0.15, 0.2) is 0 Å². The molecule has 0 atom stereocenters. The minimum Gasteiger partial charge on any atom is -0.489 e. The van der Waals surface area contributed by atoms with Crippen molar-refractivity contribution >= 4 is 5.91 Å². The van der Waals surface area contributed by atoms with Gasteiger partial charge >= 0.3 is 0 Å². The second-order valence-electron chi connectivity index (χ2n) is 8.91. The first-order valence-electron chi connectivity index (χ1n) is 10.6. The van der Waals surface area contributed by atoms with E-state index in [9.17, 15) is 9.18 Å². The van der Waals surface area contributed by atoms with E-state index in [1.807, 2.05) is 17.0 Å². The van der Waals surface area contributed by atoms with Crippen molar-refractivity contribution in [3.8, 4) is 5.75 Å². The molecule has 2 bridgehead atoms. The van der Waals surface area contributed by atoms with Crippen LogP contribution < -0.4 is 10.5 Å². The molecule has 158 valence electrons. The van der Waals surface area contributed by atoms with Gasteiger partial charge in [-0.1, -0.05) is 12.1 Å². The van der Waals surface area contributed by atoms with Crippen LogP contribution in [0.5, 0.6) is 5.75 Å². The lowest BCUT2D eigenvalue weighted by Crippen LogP contribution is -2.61. The number of halogens is 1. The highest BCUT2D eigenvalue weighted by atomic mass is 19.1. The monoisotopic (exact) mass is 402 g/mol. The Morgan fingerprint density at radius 1 is 1.17 bits per heavy atom. The number of likely N-dealkylation sites (tertiary alicyclic amines) is 1. The Morgan fingerprint density at radius 2 is 1.79 bits per heavy atom. The normalized spacial score (nSPS) is 29.6. The lowest BCUT2D eigenvalue weighted by molar-refractivity contribution is -0.161. The minimum absolute atomic E-state index is 0.152. The van der Waals surface area contributed by atoms with Crippen LogP contribution in [0, 0.1) is 5.41 Å². The Kier molecular flexibility index (Phi) is 5.67. The molecule has 0 unspecified atom stereocenters. The highest BCUT2D eigenvalue weighted by Crippen LogP contribution is 2.58. The van der Waals surface area contributed by atoms with E-state index < -0.39 is 0 Å². The lowest BCUT2D eigenvalue weighted by atomic mass is 9.51. The molecule has 4 aliphatic rings. The number of nitrogens with zero attached hydrogens (tertiary/aromatic N) is 1. The maximum Gasteiger partial charge on any atom is 0.228 e. The molecule has 2 N–H and O–H groups in total. The van der Waals surface area contributed by atoms with E-state index in [1.165, 1.54) is 5.56 Å². The third-order valence-electron chi connectivity index (χ3n) is 7.48. The van der Waals surface area contributed by atoms with E-state index in [1.54, 1.807) is 7.11 Å². The Labute approximate surface area is 172 Å². The van der Waals surface area contributed by atoms with E-state index >= 15 is 0 Å². The van der Waals surface area contributed by atoms with E-state index in [2.05, 4.69) is 12.1 Å². The first-order chi connectivity index (χ1) is 14.0. The van der Waals surface area contributed by atoms with Gasteiger partial charge < -0.3 is 20.1 Å². The number of nitrogens with two attached hydrogens (primary N) is 1. The zero-order valence-electron chi connectivity index (χ0n) is 17.2. The first-order valence-corrected chi connectivity index (χ1v) is 10.6. The van der Waals surface area contributed by atoms with E-state index in [-0.39, 0.29) is 30.1 Å². The Morgan fingerprint density at radius 3 is 2.31 bits per heavy atom. The maximum atomic E-state index is 13.1. The fourth-order valence-corrected chi connectivity index (χ4v) is 5.24. The number of hydrogen-bond donors (Lipinski definition) is 1. The highest BCUT2D eigenvalue weighted by molar-refractivity contribution is 5.84. The largest absolute Gasteiger partial charge is 0.489 e. The molecule has 0 aromatic heterocycles. The number of fused-ring (bicyclic) bond motifs is 3. The number of methoxy groups -OCH3 is 1. The second-order valence-corrected chi connectivity index (χ2v) is 8.91. The molecule has 1 heterocycles. The van der Waals surface area contributed by atoms with Gasteiger partial charge in [-0.15, -0.1) is 0 Å². The zero-order chi connectivity index (χ0) is 20.5. The van der Waals surface area contributed by atoms with Crippen LogP contribution >= 0.6 is 0 Å². The van der Waals surface area contributed by atoms with Gasteiger partial charge in [-0.25, -0.2) is 4.39 Å². The van der Waals surface area contributed by atoms with Gasteiger partial charge in [-0.3, -0.25) is 4.79 Å². The standard InChI is InChI=1S/C23H31FN2O3/c1-28-20-14-26(15-20)21(27)23-9-6-22(7-10-23,8-11-23)18-2-4-19(5-3-18)29-16-17(12-24)13-25/h2-5,12,20H,6-11,13-16,25H2,1H3. The number of carbonyl (C=O) groups excluding carboxylic acids is 1. The molecular weight excluding hydrogens is 371 g/mol. The third-order valence-corrected chi connectivity index (χ3v) is 7.48. The summed E-state index contributed by atoms with van der Waals surface area (Å²) in [5.41, 5.74) is 7.25. The highest BCUT2D eigenvalue weighted by Gasteiger charge is 2.54. The molecule has 4 fully saturated rings. The van der Waals surface area contributed by atoms with Crippen LogP contribution in [0.25, 0.3) is 0 Å². The van der Waals surface area contributed by atoms with Crippen LogP contribution in [-0.2, 0) is 14.9 Å². The first kappa shape index (κ1) is 20.4. The van der Waals surface area contributed by atoms with Gasteiger partial charge in [0.25, 0.3) is 0 Å². The summed E-state index contributed by atoms with van der Waals surface area (Å²) < 4.78 is 23.6. The molecule has 6 heteroatoms. The fourth-order valence-electron chi connectivity index (χ4n) is 5.24. The second kappa shape index (κ2) is 8.07. The van der Waals surface area contributed by atoms with Crippen LogP contribution in [0.15, 0.2) is 36.2 Å². The third kappa shape index (κ3) is 3.68. The molecule has 1 aromatic rings.